The number of morpholine rings is 1. The summed E-state index contributed by atoms with van der Waals surface area (Å²) >= 11 is 0. The zero-order valence-corrected chi connectivity index (χ0v) is 25.2. The van der Waals surface area contributed by atoms with Crippen LogP contribution in [-0.4, -0.2) is 75.4 Å². The van der Waals surface area contributed by atoms with Gasteiger partial charge >= 0.3 is 6.09 Å². The summed E-state index contributed by atoms with van der Waals surface area (Å²) in [5, 5.41) is 9.24. The van der Waals surface area contributed by atoms with Crippen LogP contribution < -0.4 is 25.6 Å². The molecular weight excluding hydrogens is 532 g/mol. The number of carbonyl (C=O) groups excluding carboxylic acids is 2. The van der Waals surface area contributed by atoms with E-state index in [0.717, 1.165) is 43.1 Å². The number of carbonyl (C=O) groups is 2. The van der Waals surface area contributed by atoms with Gasteiger partial charge in [0.15, 0.2) is 0 Å². The lowest BCUT2D eigenvalue weighted by Crippen LogP contribution is -2.37. The second-order valence-electron chi connectivity index (χ2n) is 11.7. The van der Waals surface area contributed by atoms with Crippen LogP contribution in [0.25, 0.3) is 0 Å². The average Bonchev–Trinajstić information content (AvgIpc) is 2.95. The summed E-state index contributed by atoms with van der Waals surface area (Å²) in [6.45, 7) is 11.6. The third-order valence-electron chi connectivity index (χ3n) is 6.86. The highest BCUT2D eigenvalue weighted by atomic mass is 16.6. The summed E-state index contributed by atoms with van der Waals surface area (Å²) in [4.78, 5) is 34.5. The van der Waals surface area contributed by atoms with E-state index in [1.165, 1.54) is 0 Å². The molecule has 0 spiro atoms. The molecule has 1 fully saturated rings. The van der Waals surface area contributed by atoms with Crippen LogP contribution in [0.5, 0.6) is 5.75 Å². The smallest absolute Gasteiger partial charge is 0.410 e. The first-order valence-electron chi connectivity index (χ1n) is 14.2. The molecule has 224 valence electrons. The molecule has 0 atom stereocenters. The highest BCUT2D eigenvalue weighted by Gasteiger charge is 2.19. The Hall–Kier alpha value is -3.99. The lowest BCUT2D eigenvalue weighted by molar-refractivity contribution is 0.102. The van der Waals surface area contributed by atoms with Crippen LogP contribution in [0.1, 0.15) is 35.3 Å². The zero-order chi connectivity index (χ0) is 30.1. The van der Waals surface area contributed by atoms with Gasteiger partial charge in [-0.1, -0.05) is 32.0 Å². The van der Waals surface area contributed by atoms with Crippen LogP contribution in [0, 0.1) is 12.3 Å². The fourth-order valence-electron chi connectivity index (χ4n) is 4.99. The summed E-state index contributed by atoms with van der Waals surface area (Å²) in [6.07, 6.45) is 0.980. The van der Waals surface area contributed by atoms with Crippen LogP contribution in [0.15, 0.2) is 60.8 Å². The predicted octanol–water partition coefficient (Wildman–Crippen LogP) is 4.77. The fraction of sp³-hybridized carbons (Fsp3) is 0.406. The van der Waals surface area contributed by atoms with Crippen LogP contribution in [0.4, 0.5) is 22.0 Å². The SMILES string of the molecule is Cc1ccc(NC(=O)Oc2ccnc(N3CCOCC3)c2)cc1NC(=O)c1cccc(CNCC(C)(C)CN(C)C)c1. The topological polar surface area (TPSA) is 108 Å². The Labute approximate surface area is 248 Å². The van der Waals surface area contributed by atoms with Crippen molar-refractivity contribution < 1.29 is 19.1 Å². The summed E-state index contributed by atoms with van der Waals surface area (Å²) < 4.78 is 10.9. The Bertz CT molecular complexity index is 1370. The quantitative estimate of drug-likeness (QED) is 0.301. The number of aromatic nitrogens is 1. The van der Waals surface area contributed by atoms with E-state index in [-0.39, 0.29) is 11.3 Å². The largest absolute Gasteiger partial charge is 0.417 e. The highest BCUT2D eigenvalue weighted by molar-refractivity contribution is 6.05. The molecular formula is C32H42N6O4. The molecule has 3 aromatic rings. The first-order valence-corrected chi connectivity index (χ1v) is 14.2. The van der Waals surface area contributed by atoms with Gasteiger partial charge in [-0.2, -0.15) is 0 Å². The first-order chi connectivity index (χ1) is 20.1. The number of nitrogens with zero attached hydrogens (tertiary/aromatic N) is 3. The summed E-state index contributed by atoms with van der Waals surface area (Å²) in [5.74, 6) is 0.900. The van der Waals surface area contributed by atoms with E-state index in [2.05, 4.69) is 58.7 Å². The van der Waals surface area contributed by atoms with Crippen molar-refractivity contribution in [3.8, 4) is 5.75 Å². The lowest BCUT2D eigenvalue weighted by atomic mass is 9.93. The van der Waals surface area contributed by atoms with Crippen molar-refractivity contribution in [1.82, 2.24) is 15.2 Å². The predicted molar refractivity (Wildman–Crippen MR) is 167 cm³/mol. The Morgan fingerprint density at radius 3 is 2.60 bits per heavy atom. The highest BCUT2D eigenvalue weighted by Crippen LogP contribution is 2.23. The molecule has 0 radical (unpaired) electrons. The number of aryl methyl sites for hydroxylation is 1. The summed E-state index contributed by atoms with van der Waals surface area (Å²) in [5.41, 5.74) is 3.70. The van der Waals surface area contributed by atoms with Gasteiger partial charge in [0.2, 0.25) is 0 Å². The van der Waals surface area contributed by atoms with Crippen molar-refractivity contribution in [3.05, 3.63) is 77.5 Å². The number of hydrogen-bond acceptors (Lipinski definition) is 8. The van der Waals surface area contributed by atoms with E-state index < -0.39 is 6.09 Å². The Morgan fingerprint density at radius 2 is 1.83 bits per heavy atom. The van der Waals surface area contributed by atoms with Gasteiger partial charge in [-0.25, -0.2) is 9.78 Å². The van der Waals surface area contributed by atoms with Gasteiger partial charge in [0.25, 0.3) is 5.91 Å². The Kier molecular flexibility index (Phi) is 10.5. The number of rotatable bonds is 11. The summed E-state index contributed by atoms with van der Waals surface area (Å²) in [6, 6.07) is 16.3. The minimum absolute atomic E-state index is 0.131. The summed E-state index contributed by atoms with van der Waals surface area (Å²) in [7, 11) is 4.15. The van der Waals surface area contributed by atoms with Gasteiger partial charge in [0.05, 0.1) is 13.2 Å². The van der Waals surface area contributed by atoms with E-state index in [0.29, 0.717) is 42.4 Å². The minimum atomic E-state index is -0.635. The van der Waals surface area contributed by atoms with E-state index >= 15 is 0 Å². The monoisotopic (exact) mass is 574 g/mol. The number of ether oxygens (including phenoxy) is 2. The molecule has 2 amide bonds. The average molecular weight is 575 g/mol. The van der Waals surface area contributed by atoms with Gasteiger partial charge in [0.1, 0.15) is 11.6 Å². The number of hydrogen-bond donors (Lipinski definition) is 3. The molecule has 10 nitrogen and oxygen atoms in total. The van der Waals surface area contributed by atoms with Gasteiger partial charge in [-0.3, -0.25) is 10.1 Å². The minimum Gasteiger partial charge on any atom is -0.410 e. The number of pyridine rings is 1. The third kappa shape index (κ3) is 9.27. The van der Waals surface area contributed by atoms with Gasteiger partial charge in [-0.15, -0.1) is 0 Å². The molecule has 2 aromatic carbocycles. The molecule has 0 saturated carbocycles. The maximum absolute atomic E-state index is 13.1. The third-order valence-corrected chi connectivity index (χ3v) is 6.86. The molecule has 1 aliphatic rings. The number of benzene rings is 2. The van der Waals surface area contributed by atoms with Crippen molar-refractivity contribution in [2.24, 2.45) is 5.41 Å². The molecule has 0 aliphatic carbocycles. The molecule has 1 saturated heterocycles. The normalized spacial score (nSPS) is 13.6. The second kappa shape index (κ2) is 14.3. The van der Waals surface area contributed by atoms with E-state index in [1.54, 1.807) is 36.5 Å². The molecule has 1 aromatic heterocycles. The number of amides is 2. The molecule has 2 heterocycles. The van der Waals surface area contributed by atoms with Crippen molar-refractivity contribution in [2.75, 3.05) is 69.0 Å². The molecule has 0 bridgehead atoms. The molecule has 3 N–H and O–H groups in total. The van der Waals surface area contributed by atoms with Crippen LogP contribution in [0.2, 0.25) is 0 Å². The standard InChI is InChI=1S/C32H42N6O4/c1-23-9-10-26(35-31(40)42-27-11-12-34-29(19-27)38-13-15-41-16-14-38)18-28(23)36-30(39)25-8-6-7-24(17-25)20-33-21-32(2,3)22-37(4)5/h6-12,17-19,33H,13-16,20-22H2,1-5H3,(H,35,40)(H,36,39). The van der Waals surface area contributed by atoms with E-state index in [1.807, 2.05) is 31.2 Å². The van der Waals surface area contributed by atoms with Crippen LogP contribution >= 0.6 is 0 Å². The van der Waals surface area contributed by atoms with E-state index in [9.17, 15) is 9.59 Å². The number of nitrogens with one attached hydrogen (secondary N) is 3. The Balaban J connectivity index is 1.34. The molecule has 1 aliphatic heterocycles. The zero-order valence-electron chi connectivity index (χ0n) is 25.2. The van der Waals surface area contributed by atoms with Gasteiger partial charge < -0.3 is 29.9 Å². The van der Waals surface area contributed by atoms with Crippen LogP contribution in [0.3, 0.4) is 0 Å². The maximum Gasteiger partial charge on any atom is 0.417 e. The van der Waals surface area contributed by atoms with Crippen molar-refractivity contribution >= 4 is 29.2 Å². The molecule has 0 unspecified atom stereocenters. The van der Waals surface area contributed by atoms with Crippen molar-refractivity contribution in [2.45, 2.75) is 27.3 Å². The fourth-order valence-corrected chi connectivity index (χ4v) is 4.99. The second-order valence-corrected chi connectivity index (χ2v) is 11.7. The molecule has 10 heteroatoms. The van der Waals surface area contributed by atoms with E-state index in [4.69, 9.17) is 9.47 Å². The van der Waals surface area contributed by atoms with Gasteiger partial charge in [0, 0.05) is 61.9 Å². The lowest BCUT2D eigenvalue weighted by Gasteiger charge is -2.28. The molecule has 42 heavy (non-hydrogen) atoms. The maximum atomic E-state index is 13.1. The van der Waals surface area contributed by atoms with Crippen LogP contribution in [-0.2, 0) is 11.3 Å². The molecule has 4 rings (SSSR count). The van der Waals surface area contributed by atoms with Crippen molar-refractivity contribution in [3.63, 3.8) is 0 Å². The first kappa shape index (κ1) is 31.0. The number of anilines is 3. The Morgan fingerprint density at radius 1 is 1.05 bits per heavy atom. The van der Waals surface area contributed by atoms with Gasteiger partial charge in [-0.05, 0) is 67.9 Å². The van der Waals surface area contributed by atoms with Crippen molar-refractivity contribution in [1.29, 1.82) is 0 Å².